The quantitative estimate of drug-likeness (QED) is 0.0204. The molecule has 0 aromatic carbocycles. The van der Waals surface area contributed by atoms with E-state index in [1.807, 2.05) is 6.08 Å². The fourth-order valence-corrected chi connectivity index (χ4v) is 11.8. The number of aliphatic hydroxyl groups excluding tert-OH is 8. The van der Waals surface area contributed by atoms with Gasteiger partial charge in [-0.1, -0.05) is 294 Å². The van der Waals surface area contributed by atoms with Crippen LogP contribution in [0.4, 0.5) is 0 Å². The lowest BCUT2D eigenvalue weighted by molar-refractivity contribution is -0.359. The van der Waals surface area contributed by atoms with Gasteiger partial charge >= 0.3 is 0 Å². The predicted octanol–water partition coefficient (Wildman–Crippen LogP) is 14.7. The number of ether oxygens (including phenoxy) is 4. The van der Waals surface area contributed by atoms with Crippen LogP contribution in [0.15, 0.2) is 48.6 Å². The van der Waals surface area contributed by atoms with E-state index < -0.39 is 86.8 Å². The zero-order valence-electron chi connectivity index (χ0n) is 54.8. The van der Waals surface area contributed by atoms with E-state index in [9.17, 15) is 45.6 Å². The minimum absolute atomic E-state index is 0.235. The van der Waals surface area contributed by atoms with Crippen molar-refractivity contribution in [3.63, 3.8) is 0 Å². The highest BCUT2D eigenvalue weighted by atomic mass is 16.7. The van der Waals surface area contributed by atoms with Crippen LogP contribution in [-0.2, 0) is 23.7 Å². The number of hydrogen-bond donors (Lipinski definition) is 9. The number of rotatable bonds is 59. The lowest BCUT2D eigenvalue weighted by atomic mass is 9.97. The first-order chi connectivity index (χ1) is 42.1. The molecule has 0 spiro atoms. The summed E-state index contributed by atoms with van der Waals surface area (Å²) < 4.78 is 22.8. The molecule has 12 unspecified atom stereocenters. The van der Waals surface area contributed by atoms with Crippen LogP contribution in [0.5, 0.6) is 0 Å². The first kappa shape index (κ1) is 80.0. The topological polar surface area (TPSA) is 228 Å². The summed E-state index contributed by atoms with van der Waals surface area (Å²) in [6, 6.07) is -0.913. The number of nitrogens with one attached hydrogen (secondary N) is 1. The monoisotopic (exact) mass is 1220 g/mol. The Bertz CT molecular complexity index is 1630. The van der Waals surface area contributed by atoms with E-state index in [1.54, 1.807) is 6.08 Å². The minimum Gasteiger partial charge on any atom is -0.394 e. The first-order valence-electron chi connectivity index (χ1n) is 35.9. The molecule has 1 amide bonds. The summed E-state index contributed by atoms with van der Waals surface area (Å²) in [6.07, 6.45) is 57.6. The summed E-state index contributed by atoms with van der Waals surface area (Å²) in [5.74, 6) is -0.235. The number of carbonyl (C=O) groups is 1. The van der Waals surface area contributed by atoms with Crippen LogP contribution in [0.2, 0.25) is 0 Å². The molecule has 12 atom stereocenters. The van der Waals surface area contributed by atoms with Gasteiger partial charge in [0.25, 0.3) is 0 Å². The van der Waals surface area contributed by atoms with Crippen molar-refractivity contribution in [3.05, 3.63) is 48.6 Å². The second kappa shape index (κ2) is 56.9. The van der Waals surface area contributed by atoms with E-state index >= 15 is 0 Å². The number of allylic oxidation sites excluding steroid dienone is 7. The first-order valence-corrected chi connectivity index (χ1v) is 35.9. The van der Waals surface area contributed by atoms with Crippen molar-refractivity contribution in [2.45, 2.75) is 383 Å². The number of hydrogen-bond acceptors (Lipinski definition) is 13. The predicted molar refractivity (Wildman–Crippen MR) is 351 cm³/mol. The Kier molecular flexibility index (Phi) is 53.0. The molecule has 2 aliphatic rings. The summed E-state index contributed by atoms with van der Waals surface area (Å²) in [5.41, 5.74) is 0. The molecule has 0 aromatic rings. The third-order valence-electron chi connectivity index (χ3n) is 17.5. The van der Waals surface area contributed by atoms with Crippen molar-refractivity contribution in [3.8, 4) is 0 Å². The van der Waals surface area contributed by atoms with Crippen molar-refractivity contribution in [1.82, 2.24) is 5.32 Å². The zero-order chi connectivity index (χ0) is 62.3. The van der Waals surface area contributed by atoms with Crippen molar-refractivity contribution in [2.75, 3.05) is 19.8 Å². The van der Waals surface area contributed by atoms with Gasteiger partial charge < -0.3 is 65.1 Å². The average molecular weight is 1220 g/mol. The number of unbranched alkanes of at least 4 members (excludes halogenated alkanes) is 40. The Labute approximate surface area is 524 Å². The maximum atomic E-state index is 13.3. The molecule has 2 rings (SSSR count). The lowest BCUT2D eigenvalue weighted by Gasteiger charge is -2.46. The summed E-state index contributed by atoms with van der Waals surface area (Å²) in [7, 11) is 0. The SMILES string of the molecule is CCCCCCC/C=C\C/C=C\C/C=C\CCCCCCCCCCCCCCCCCCCCCCCCC(=O)NC(COC1OC(CO)C(OC2OC(CO)C(O)C(O)C2O)C(O)C1O)C(O)/C=C/CCCCCCCCCCCCCCC. The highest BCUT2D eigenvalue weighted by molar-refractivity contribution is 5.76. The van der Waals surface area contributed by atoms with Crippen molar-refractivity contribution < 1.29 is 64.6 Å². The normalized spacial score (nSPS) is 23.7. The Morgan fingerprint density at radius 3 is 1.17 bits per heavy atom. The maximum Gasteiger partial charge on any atom is 0.220 e. The van der Waals surface area contributed by atoms with Gasteiger partial charge in [0.15, 0.2) is 12.6 Å². The molecule has 2 heterocycles. The van der Waals surface area contributed by atoms with Gasteiger partial charge in [-0.05, 0) is 57.8 Å². The van der Waals surface area contributed by atoms with Crippen LogP contribution in [0.1, 0.15) is 309 Å². The zero-order valence-corrected chi connectivity index (χ0v) is 54.8. The van der Waals surface area contributed by atoms with Gasteiger partial charge in [-0.25, -0.2) is 0 Å². The molecule has 0 aliphatic carbocycles. The largest absolute Gasteiger partial charge is 0.394 e. The average Bonchev–Trinajstić information content (AvgIpc) is 1.83. The van der Waals surface area contributed by atoms with E-state index in [0.29, 0.717) is 6.42 Å². The summed E-state index contributed by atoms with van der Waals surface area (Å²) in [6.45, 7) is 2.81. The molecule has 14 heteroatoms. The number of carbonyl (C=O) groups excluding carboxylic acids is 1. The molecule has 86 heavy (non-hydrogen) atoms. The smallest absolute Gasteiger partial charge is 0.220 e. The van der Waals surface area contributed by atoms with Crippen LogP contribution in [-0.4, -0.2) is 140 Å². The molecule has 0 radical (unpaired) electrons. The molecule has 504 valence electrons. The van der Waals surface area contributed by atoms with Crippen LogP contribution in [0.25, 0.3) is 0 Å². The Balaban J connectivity index is 1.58. The fraction of sp³-hybridized carbons (Fsp3) is 0.875. The molecular weight excluding hydrogens is 1090 g/mol. The van der Waals surface area contributed by atoms with Gasteiger partial charge in [-0.15, -0.1) is 0 Å². The molecule has 2 saturated heterocycles. The van der Waals surface area contributed by atoms with E-state index in [4.69, 9.17) is 18.9 Å². The minimum atomic E-state index is -1.79. The van der Waals surface area contributed by atoms with Crippen LogP contribution < -0.4 is 5.32 Å². The summed E-state index contributed by atoms with van der Waals surface area (Å²) in [4.78, 5) is 13.3. The van der Waals surface area contributed by atoms with Gasteiger partial charge in [-0.3, -0.25) is 4.79 Å². The highest BCUT2D eigenvalue weighted by Gasteiger charge is 2.51. The molecule has 0 bridgehead atoms. The Morgan fingerprint density at radius 1 is 0.419 bits per heavy atom. The van der Waals surface area contributed by atoms with E-state index in [0.717, 1.165) is 51.4 Å². The molecular formula is C72H133NO13. The third kappa shape index (κ3) is 40.6. The second-order valence-electron chi connectivity index (χ2n) is 25.4. The van der Waals surface area contributed by atoms with Gasteiger partial charge in [0, 0.05) is 6.42 Å². The molecule has 0 aromatic heterocycles. The van der Waals surface area contributed by atoms with E-state index in [-0.39, 0.29) is 18.9 Å². The Morgan fingerprint density at radius 2 is 0.767 bits per heavy atom. The van der Waals surface area contributed by atoms with Gasteiger partial charge in [-0.2, -0.15) is 0 Å². The second-order valence-corrected chi connectivity index (χ2v) is 25.4. The molecule has 14 nitrogen and oxygen atoms in total. The standard InChI is InChI=1S/C72H133NO13/c1-3-5-7-9-11-13-15-17-19-20-21-22-23-24-25-26-27-28-29-30-31-32-33-34-35-36-37-38-39-40-42-44-46-48-50-52-54-56-64(77)73-60(61(76)55-53-51-49-47-45-43-41-18-16-14-12-10-8-6-4-2)59-83-71-69(82)67(80)70(63(58-75)85-71)86-72-68(81)66(79)65(78)62(57-74)84-72/h15,17,20-21,23-24,53,55,60-63,65-72,74-76,78-82H,3-14,16,18-19,22,25-52,54,56-59H2,1-2H3,(H,73,77)/b17-15-,21-20-,24-23-,55-53+. The number of amides is 1. The summed E-state index contributed by atoms with van der Waals surface area (Å²) in [5, 5.41) is 87.3. The molecule has 9 N–H and O–H groups in total. The Hall–Kier alpha value is -2.05. The molecule has 2 aliphatic heterocycles. The lowest BCUT2D eigenvalue weighted by Crippen LogP contribution is -2.65. The molecule has 0 saturated carbocycles. The van der Waals surface area contributed by atoms with Crippen LogP contribution in [0.3, 0.4) is 0 Å². The number of aliphatic hydroxyl groups is 8. The van der Waals surface area contributed by atoms with Gasteiger partial charge in [0.05, 0.1) is 32.0 Å². The highest BCUT2D eigenvalue weighted by Crippen LogP contribution is 2.30. The van der Waals surface area contributed by atoms with Crippen molar-refractivity contribution in [2.24, 2.45) is 0 Å². The van der Waals surface area contributed by atoms with Crippen LogP contribution >= 0.6 is 0 Å². The van der Waals surface area contributed by atoms with Crippen molar-refractivity contribution >= 4 is 5.91 Å². The third-order valence-corrected chi connectivity index (χ3v) is 17.5. The van der Waals surface area contributed by atoms with E-state index in [1.165, 1.54) is 231 Å². The summed E-state index contributed by atoms with van der Waals surface area (Å²) >= 11 is 0. The van der Waals surface area contributed by atoms with Gasteiger partial charge in [0.2, 0.25) is 5.91 Å². The van der Waals surface area contributed by atoms with Crippen LogP contribution in [0, 0.1) is 0 Å². The fourth-order valence-electron chi connectivity index (χ4n) is 11.8. The maximum absolute atomic E-state index is 13.3. The van der Waals surface area contributed by atoms with Gasteiger partial charge in [0.1, 0.15) is 48.8 Å². The van der Waals surface area contributed by atoms with E-state index in [2.05, 4.69) is 55.6 Å². The molecule has 2 fully saturated rings. The van der Waals surface area contributed by atoms with Crippen molar-refractivity contribution in [1.29, 1.82) is 0 Å².